The van der Waals surface area contributed by atoms with Gasteiger partial charge >= 0.3 is 5.97 Å². The van der Waals surface area contributed by atoms with E-state index in [2.05, 4.69) is 15.6 Å². The van der Waals surface area contributed by atoms with Crippen molar-refractivity contribution in [2.75, 3.05) is 6.54 Å². The van der Waals surface area contributed by atoms with Crippen LogP contribution in [0.4, 0.5) is 0 Å². The second kappa shape index (κ2) is 14.2. The van der Waals surface area contributed by atoms with E-state index in [1.165, 1.54) is 0 Å². The molecule has 3 rings (SSSR count). The summed E-state index contributed by atoms with van der Waals surface area (Å²) in [6.07, 6.45) is 4.75. The number of ether oxygens (including phenoxy) is 1. The molecule has 0 saturated heterocycles. The zero-order chi connectivity index (χ0) is 25.8. The summed E-state index contributed by atoms with van der Waals surface area (Å²) in [5.74, 6) is -1.04. The van der Waals surface area contributed by atoms with Gasteiger partial charge in [0.1, 0.15) is 12.8 Å². The van der Waals surface area contributed by atoms with E-state index >= 15 is 0 Å². The van der Waals surface area contributed by atoms with Crippen LogP contribution in [-0.2, 0) is 40.5 Å². The molecule has 0 saturated carbocycles. The molecule has 192 valence electrons. The second-order valence-corrected chi connectivity index (χ2v) is 9.29. The number of aliphatic carboxylic acids is 1. The molecular formula is C28H36N4O4. The molecule has 2 aromatic carbocycles. The Morgan fingerprint density at radius 2 is 1.67 bits per heavy atom. The first-order chi connectivity index (χ1) is 17.4. The standard InChI is InChI=1S/C28H36N4O4/c1-21(2)15-26(28(34)35)31-25(27(33)30-14-13-22-9-5-3-6-10-22)16-24-17-29-19-32(24)20-36-18-23-11-7-4-8-12-23/h3-12,17,19,21,25-26,31H,13-16,18,20H2,1-2H3,(H,30,33)(H,34,35)/t25-,26?/m0/s1. The second-order valence-electron chi connectivity index (χ2n) is 9.29. The van der Waals surface area contributed by atoms with Crippen molar-refractivity contribution in [1.29, 1.82) is 0 Å². The minimum atomic E-state index is -0.967. The van der Waals surface area contributed by atoms with Crippen molar-refractivity contribution in [2.45, 2.75) is 58.5 Å². The molecule has 8 nitrogen and oxygen atoms in total. The van der Waals surface area contributed by atoms with E-state index < -0.39 is 18.1 Å². The highest BCUT2D eigenvalue weighted by Crippen LogP contribution is 2.11. The first-order valence-corrected chi connectivity index (χ1v) is 12.3. The predicted octanol–water partition coefficient (Wildman–Crippen LogP) is 3.42. The average molecular weight is 493 g/mol. The summed E-state index contributed by atoms with van der Waals surface area (Å²) in [7, 11) is 0. The Labute approximate surface area is 212 Å². The first-order valence-electron chi connectivity index (χ1n) is 12.3. The van der Waals surface area contributed by atoms with Crippen molar-refractivity contribution in [3.63, 3.8) is 0 Å². The van der Waals surface area contributed by atoms with Crippen LogP contribution in [0.1, 0.15) is 37.1 Å². The quantitative estimate of drug-likeness (QED) is 0.300. The van der Waals surface area contributed by atoms with Crippen molar-refractivity contribution in [1.82, 2.24) is 20.2 Å². The van der Waals surface area contributed by atoms with E-state index in [0.29, 0.717) is 26.0 Å². The highest BCUT2D eigenvalue weighted by atomic mass is 16.5. The van der Waals surface area contributed by atoms with Crippen LogP contribution in [0.25, 0.3) is 0 Å². The maximum Gasteiger partial charge on any atom is 0.320 e. The lowest BCUT2D eigenvalue weighted by Gasteiger charge is -2.24. The number of carbonyl (C=O) groups is 2. The topological polar surface area (TPSA) is 105 Å². The fourth-order valence-electron chi connectivity index (χ4n) is 3.96. The van der Waals surface area contributed by atoms with E-state index in [1.54, 1.807) is 12.5 Å². The summed E-state index contributed by atoms with van der Waals surface area (Å²) < 4.78 is 7.68. The number of aromatic nitrogens is 2. The molecule has 2 atom stereocenters. The van der Waals surface area contributed by atoms with Crippen LogP contribution in [0, 0.1) is 5.92 Å². The molecule has 1 aromatic heterocycles. The average Bonchev–Trinajstić information content (AvgIpc) is 3.30. The number of benzene rings is 2. The summed E-state index contributed by atoms with van der Waals surface area (Å²) >= 11 is 0. The predicted molar refractivity (Wildman–Crippen MR) is 138 cm³/mol. The summed E-state index contributed by atoms with van der Waals surface area (Å²) in [6, 6.07) is 18.2. The van der Waals surface area contributed by atoms with Crippen LogP contribution in [0.3, 0.4) is 0 Å². The Kier molecular flexibility index (Phi) is 10.7. The lowest BCUT2D eigenvalue weighted by atomic mass is 10.0. The highest BCUT2D eigenvalue weighted by molar-refractivity contribution is 5.83. The van der Waals surface area contributed by atoms with E-state index in [4.69, 9.17) is 4.74 Å². The summed E-state index contributed by atoms with van der Waals surface area (Å²) in [6.45, 7) is 5.12. The van der Waals surface area contributed by atoms with Gasteiger partial charge in [-0.2, -0.15) is 0 Å². The van der Waals surface area contributed by atoms with Gasteiger partial charge in [-0.3, -0.25) is 14.9 Å². The molecular weight excluding hydrogens is 456 g/mol. The normalized spacial score (nSPS) is 12.9. The number of amides is 1. The molecule has 1 unspecified atom stereocenters. The number of nitrogens with zero attached hydrogens (tertiary/aromatic N) is 2. The molecule has 0 aliphatic heterocycles. The van der Waals surface area contributed by atoms with Crippen LogP contribution >= 0.6 is 0 Å². The Balaban J connectivity index is 1.65. The number of nitrogens with one attached hydrogen (secondary N) is 2. The number of hydrogen-bond donors (Lipinski definition) is 3. The fourth-order valence-corrected chi connectivity index (χ4v) is 3.96. The lowest BCUT2D eigenvalue weighted by molar-refractivity contribution is -0.140. The van der Waals surface area contributed by atoms with Crippen molar-refractivity contribution >= 4 is 11.9 Å². The van der Waals surface area contributed by atoms with Gasteiger partial charge in [-0.25, -0.2) is 4.98 Å². The molecule has 3 aromatic rings. The van der Waals surface area contributed by atoms with Gasteiger partial charge in [-0.15, -0.1) is 0 Å². The third kappa shape index (κ3) is 8.94. The van der Waals surface area contributed by atoms with Crippen LogP contribution in [0.2, 0.25) is 0 Å². The SMILES string of the molecule is CC(C)CC(N[C@@H](Cc1cncn1COCc1ccccc1)C(=O)NCCc1ccccc1)C(=O)O. The summed E-state index contributed by atoms with van der Waals surface area (Å²) in [5, 5.41) is 15.8. The van der Waals surface area contributed by atoms with Crippen LogP contribution in [0.5, 0.6) is 0 Å². The number of imidazole rings is 1. The lowest BCUT2D eigenvalue weighted by Crippen LogP contribution is -2.52. The van der Waals surface area contributed by atoms with E-state index in [9.17, 15) is 14.7 Å². The molecule has 0 fully saturated rings. The maximum atomic E-state index is 13.2. The van der Waals surface area contributed by atoms with Crippen molar-refractivity contribution in [3.8, 4) is 0 Å². The Bertz CT molecular complexity index is 1070. The third-order valence-electron chi connectivity index (χ3n) is 5.83. The minimum Gasteiger partial charge on any atom is -0.480 e. The Morgan fingerprint density at radius 3 is 2.31 bits per heavy atom. The molecule has 0 aliphatic rings. The third-order valence-corrected chi connectivity index (χ3v) is 5.83. The Morgan fingerprint density at radius 1 is 1.00 bits per heavy atom. The zero-order valence-electron chi connectivity index (χ0n) is 21.0. The fraction of sp³-hybridized carbons (Fsp3) is 0.393. The van der Waals surface area contributed by atoms with Gasteiger partial charge in [0.2, 0.25) is 5.91 Å². The van der Waals surface area contributed by atoms with Crippen molar-refractivity contribution in [2.24, 2.45) is 5.92 Å². The molecule has 8 heteroatoms. The highest BCUT2D eigenvalue weighted by Gasteiger charge is 2.28. The molecule has 0 aliphatic carbocycles. The number of carboxylic acids is 1. The van der Waals surface area contributed by atoms with E-state index in [0.717, 1.165) is 16.8 Å². The largest absolute Gasteiger partial charge is 0.480 e. The van der Waals surface area contributed by atoms with E-state index in [-0.39, 0.29) is 25.0 Å². The molecule has 0 radical (unpaired) electrons. The molecule has 1 amide bonds. The van der Waals surface area contributed by atoms with Gasteiger partial charge in [0.05, 0.1) is 19.0 Å². The maximum absolute atomic E-state index is 13.2. The number of carbonyl (C=O) groups excluding carboxylic acids is 1. The molecule has 1 heterocycles. The number of hydrogen-bond acceptors (Lipinski definition) is 5. The Hall–Kier alpha value is -3.49. The summed E-state index contributed by atoms with van der Waals surface area (Å²) in [4.78, 5) is 29.3. The van der Waals surface area contributed by atoms with Gasteiger partial charge < -0.3 is 19.7 Å². The minimum absolute atomic E-state index is 0.164. The van der Waals surface area contributed by atoms with Gasteiger partial charge in [-0.1, -0.05) is 74.5 Å². The van der Waals surface area contributed by atoms with Gasteiger partial charge in [0, 0.05) is 24.9 Å². The van der Waals surface area contributed by atoms with Crippen molar-refractivity contribution in [3.05, 3.63) is 90.0 Å². The van der Waals surface area contributed by atoms with Crippen LogP contribution in [0.15, 0.2) is 73.2 Å². The van der Waals surface area contributed by atoms with Gasteiger partial charge in [0.25, 0.3) is 0 Å². The van der Waals surface area contributed by atoms with Gasteiger partial charge in [-0.05, 0) is 29.9 Å². The monoisotopic (exact) mass is 492 g/mol. The number of rotatable bonds is 15. The van der Waals surface area contributed by atoms with Gasteiger partial charge in [0.15, 0.2) is 0 Å². The molecule has 3 N–H and O–H groups in total. The smallest absolute Gasteiger partial charge is 0.320 e. The van der Waals surface area contributed by atoms with E-state index in [1.807, 2.05) is 79.1 Å². The van der Waals surface area contributed by atoms with Crippen LogP contribution < -0.4 is 10.6 Å². The molecule has 0 spiro atoms. The first kappa shape index (κ1) is 27.1. The summed E-state index contributed by atoms with van der Waals surface area (Å²) in [5.41, 5.74) is 2.97. The zero-order valence-corrected chi connectivity index (χ0v) is 21.0. The molecule has 36 heavy (non-hydrogen) atoms. The number of carboxylic acid groups (broad SMARTS) is 1. The molecule has 0 bridgehead atoms. The van der Waals surface area contributed by atoms with Crippen molar-refractivity contribution < 1.29 is 19.4 Å². The van der Waals surface area contributed by atoms with Crippen LogP contribution in [-0.4, -0.2) is 45.2 Å².